The smallest absolute Gasteiger partial charge is 0.133 e. The molecule has 2 N–H and O–H groups in total. The molecule has 1 unspecified atom stereocenters. The van der Waals surface area contributed by atoms with E-state index in [9.17, 15) is 0 Å². The molecule has 0 amide bonds. The Bertz CT molecular complexity index is 328. The van der Waals surface area contributed by atoms with E-state index in [1.165, 1.54) is 18.4 Å². The first kappa shape index (κ1) is 13.5. The summed E-state index contributed by atoms with van der Waals surface area (Å²) in [6, 6.07) is 6.23. The molecule has 0 saturated heterocycles. The Hall–Kier alpha value is -0.540. The lowest BCUT2D eigenvalue weighted by Crippen LogP contribution is -2.16. The van der Waals surface area contributed by atoms with Crippen molar-refractivity contribution >= 4 is 15.9 Å². The lowest BCUT2D eigenvalue weighted by molar-refractivity contribution is 0.411. The molecule has 1 aromatic rings. The molecule has 0 radical (unpaired) electrons. The summed E-state index contributed by atoms with van der Waals surface area (Å²) < 4.78 is 6.22. The van der Waals surface area contributed by atoms with Crippen LogP contribution in [0.3, 0.4) is 0 Å². The summed E-state index contributed by atoms with van der Waals surface area (Å²) in [7, 11) is 1.68. The first-order valence-electron chi connectivity index (χ1n) is 5.73. The van der Waals surface area contributed by atoms with Crippen molar-refractivity contribution in [1.82, 2.24) is 0 Å². The summed E-state index contributed by atoms with van der Waals surface area (Å²) in [5.74, 6) is 1.47. The first-order valence-corrected chi connectivity index (χ1v) is 6.53. The first-order chi connectivity index (χ1) is 7.71. The van der Waals surface area contributed by atoms with E-state index in [1.54, 1.807) is 7.11 Å². The minimum atomic E-state index is 0.588. The average molecular weight is 286 g/mol. The largest absolute Gasteiger partial charge is 0.496 e. The van der Waals surface area contributed by atoms with Crippen LogP contribution in [0.5, 0.6) is 5.75 Å². The zero-order valence-corrected chi connectivity index (χ0v) is 11.6. The fraction of sp³-hybridized carbons (Fsp3) is 0.538. The molecule has 0 aliphatic carbocycles. The second-order valence-electron chi connectivity index (χ2n) is 4.06. The van der Waals surface area contributed by atoms with Crippen LogP contribution in [0.4, 0.5) is 0 Å². The predicted octanol–water partition coefficient (Wildman–Crippen LogP) is 3.38. The van der Waals surface area contributed by atoms with Crippen LogP contribution in [-0.2, 0) is 6.42 Å². The highest BCUT2D eigenvalue weighted by Crippen LogP contribution is 2.26. The van der Waals surface area contributed by atoms with Crippen LogP contribution in [0, 0.1) is 5.92 Å². The number of rotatable bonds is 6. The van der Waals surface area contributed by atoms with Crippen molar-refractivity contribution in [2.75, 3.05) is 13.7 Å². The maximum Gasteiger partial charge on any atom is 0.133 e. The Morgan fingerprint density at radius 3 is 2.69 bits per heavy atom. The second kappa shape index (κ2) is 6.92. The molecule has 0 fully saturated rings. The summed E-state index contributed by atoms with van der Waals surface area (Å²) in [6.45, 7) is 2.96. The van der Waals surface area contributed by atoms with Crippen LogP contribution >= 0.6 is 15.9 Å². The average Bonchev–Trinajstić information content (AvgIpc) is 2.28. The van der Waals surface area contributed by atoms with Gasteiger partial charge in [0.25, 0.3) is 0 Å². The fourth-order valence-corrected chi connectivity index (χ4v) is 2.47. The van der Waals surface area contributed by atoms with E-state index < -0.39 is 0 Å². The van der Waals surface area contributed by atoms with Crippen molar-refractivity contribution in [1.29, 1.82) is 0 Å². The molecule has 0 heterocycles. The molecule has 16 heavy (non-hydrogen) atoms. The van der Waals surface area contributed by atoms with Gasteiger partial charge in [-0.1, -0.05) is 19.4 Å². The molecule has 1 atom stereocenters. The van der Waals surface area contributed by atoms with Gasteiger partial charge in [-0.2, -0.15) is 0 Å². The minimum absolute atomic E-state index is 0.588. The summed E-state index contributed by atoms with van der Waals surface area (Å²) in [5, 5.41) is 0. The van der Waals surface area contributed by atoms with Crippen molar-refractivity contribution in [3.8, 4) is 5.75 Å². The molecule has 1 aromatic carbocycles. The minimum Gasteiger partial charge on any atom is -0.496 e. The molecule has 90 valence electrons. The van der Waals surface area contributed by atoms with Gasteiger partial charge in [-0.3, -0.25) is 0 Å². The Labute approximate surface area is 106 Å². The van der Waals surface area contributed by atoms with Gasteiger partial charge in [0.15, 0.2) is 0 Å². The van der Waals surface area contributed by atoms with Gasteiger partial charge in [-0.25, -0.2) is 0 Å². The Morgan fingerprint density at radius 2 is 2.19 bits per heavy atom. The van der Waals surface area contributed by atoms with Gasteiger partial charge < -0.3 is 10.5 Å². The molecule has 0 aromatic heterocycles. The van der Waals surface area contributed by atoms with Gasteiger partial charge in [-0.15, -0.1) is 0 Å². The Kier molecular flexibility index (Phi) is 5.85. The maximum atomic E-state index is 5.76. The monoisotopic (exact) mass is 285 g/mol. The summed E-state index contributed by atoms with van der Waals surface area (Å²) in [6.07, 6.45) is 3.44. The van der Waals surface area contributed by atoms with Crippen LogP contribution in [0.25, 0.3) is 0 Å². The second-order valence-corrected chi connectivity index (χ2v) is 4.92. The number of halogens is 1. The van der Waals surface area contributed by atoms with E-state index in [-0.39, 0.29) is 0 Å². The molecule has 0 saturated carbocycles. The van der Waals surface area contributed by atoms with Crippen LogP contribution < -0.4 is 10.5 Å². The maximum absolute atomic E-state index is 5.76. The molecule has 0 spiro atoms. The molecule has 2 nitrogen and oxygen atoms in total. The number of benzene rings is 1. The summed E-state index contributed by atoms with van der Waals surface area (Å²) >= 11 is 3.50. The van der Waals surface area contributed by atoms with E-state index >= 15 is 0 Å². The molecule has 3 heteroatoms. The van der Waals surface area contributed by atoms with Gasteiger partial charge >= 0.3 is 0 Å². The number of nitrogens with two attached hydrogens (primary N) is 1. The van der Waals surface area contributed by atoms with Crippen molar-refractivity contribution in [2.45, 2.75) is 26.2 Å². The van der Waals surface area contributed by atoms with E-state index in [2.05, 4.69) is 35.0 Å². The highest BCUT2D eigenvalue weighted by molar-refractivity contribution is 9.10. The lowest BCUT2D eigenvalue weighted by Gasteiger charge is -2.14. The molecular formula is C13H20BrNO. The number of methoxy groups -OCH3 is 1. The van der Waals surface area contributed by atoms with Crippen LogP contribution in [-0.4, -0.2) is 13.7 Å². The fourth-order valence-electron chi connectivity index (χ4n) is 1.88. The number of hydrogen-bond acceptors (Lipinski definition) is 2. The van der Waals surface area contributed by atoms with Crippen molar-refractivity contribution in [3.63, 3.8) is 0 Å². The van der Waals surface area contributed by atoms with Gasteiger partial charge in [0.05, 0.1) is 11.6 Å². The number of ether oxygens (including phenoxy) is 1. The van der Waals surface area contributed by atoms with Gasteiger partial charge in [-0.05, 0) is 58.9 Å². The predicted molar refractivity (Wildman–Crippen MR) is 71.9 cm³/mol. The third-order valence-electron chi connectivity index (χ3n) is 2.77. The van der Waals surface area contributed by atoms with E-state index in [0.29, 0.717) is 5.92 Å². The van der Waals surface area contributed by atoms with Crippen LogP contribution in [0.15, 0.2) is 22.7 Å². The van der Waals surface area contributed by atoms with Crippen LogP contribution in [0.2, 0.25) is 0 Å². The zero-order valence-electron chi connectivity index (χ0n) is 10.0. The third-order valence-corrected chi connectivity index (χ3v) is 3.39. The highest BCUT2D eigenvalue weighted by atomic mass is 79.9. The molecular weight excluding hydrogens is 266 g/mol. The molecule has 0 bridgehead atoms. The van der Waals surface area contributed by atoms with Gasteiger partial charge in [0.2, 0.25) is 0 Å². The van der Waals surface area contributed by atoms with Gasteiger partial charge in [0.1, 0.15) is 5.75 Å². The van der Waals surface area contributed by atoms with E-state index in [0.717, 1.165) is 23.2 Å². The van der Waals surface area contributed by atoms with Crippen molar-refractivity contribution in [2.24, 2.45) is 11.7 Å². The Balaban J connectivity index is 2.69. The Morgan fingerprint density at radius 1 is 1.44 bits per heavy atom. The normalized spacial score (nSPS) is 12.5. The summed E-state index contributed by atoms with van der Waals surface area (Å²) in [4.78, 5) is 0. The molecule has 0 aliphatic heterocycles. The standard InChI is InChI=1S/C13H20BrNO/c1-3-4-11(9-15)7-10-5-6-13(16-2)12(14)8-10/h5-6,8,11H,3-4,7,9,15H2,1-2H3. The zero-order chi connectivity index (χ0) is 12.0. The van der Waals surface area contributed by atoms with Gasteiger partial charge in [0, 0.05) is 0 Å². The third kappa shape index (κ3) is 3.80. The summed E-state index contributed by atoms with van der Waals surface area (Å²) in [5.41, 5.74) is 7.08. The SMILES string of the molecule is CCCC(CN)Cc1ccc(OC)c(Br)c1. The van der Waals surface area contributed by atoms with E-state index in [1.807, 2.05) is 6.07 Å². The lowest BCUT2D eigenvalue weighted by atomic mass is 9.95. The number of hydrogen-bond donors (Lipinski definition) is 1. The van der Waals surface area contributed by atoms with Crippen molar-refractivity contribution < 1.29 is 4.74 Å². The van der Waals surface area contributed by atoms with Crippen molar-refractivity contribution in [3.05, 3.63) is 28.2 Å². The topological polar surface area (TPSA) is 35.2 Å². The highest BCUT2D eigenvalue weighted by Gasteiger charge is 2.08. The molecule has 1 rings (SSSR count). The van der Waals surface area contributed by atoms with Crippen LogP contribution in [0.1, 0.15) is 25.3 Å². The molecule has 0 aliphatic rings. The van der Waals surface area contributed by atoms with E-state index in [4.69, 9.17) is 10.5 Å². The quantitative estimate of drug-likeness (QED) is 0.870.